The van der Waals surface area contributed by atoms with Gasteiger partial charge in [-0.05, 0) is 6.92 Å². The molecule has 0 unspecified atom stereocenters. The molecule has 4 heteroatoms. The Hall–Kier alpha value is -1.45. The van der Waals surface area contributed by atoms with Crippen molar-refractivity contribution in [1.29, 1.82) is 0 Å². The van der Waals surface area contributed by atoms with E-state index < -0.39 is 0 Å². The minimum Gasteiger partial charge on any atom is -0.438 e. The maximum absolute atomic E-state index is 5.68. The van der Waals surface area contributed by atoms with Crippen molar-refractivity contribution < 1.29 is 8.83 Å². The first-order valence-corrected chi connectivity index (χ1v) is 3.86. The van der Waals surface area contributed by atoms with Gasteiger partial charge in [0.05, 0.1) is 0 Å². The van der Waals surface area contributed by atoms with E-state index in [0.29, 0.717) is 28.6 Å². The second kappa shape index (κ2) is 2.27. The number of aromatic nitrogens is 1. The first-order chi connectivity index (χ1) is 5.72. The molecule has 2 rings (SSSR count). The molecule has 4 nitrogen and oxygen atoms in total. The van der Waals surface area contributed by atoms with Crippen LogP contribution in [0.25, 0.3) is 11.3 Å². The largest absolute Gasteiger partial charge is 0.438 e. The lowest BCUT2D eigenvalue weighted by Gasteiger charge is -1.86. The zero-order valence-electron chi connectivity index (χ0n) is 7.05. The van der Waals surface area contributed by atoms with Crippen molar-refractivity contribution in [3.05, 3.63) is 11.7 Å². The molecule has 0 aromatic carbocycles. The van der Waals surface area contributed by atoms with Gasteiger partial charge in [-0.15, -0.1) is 0 Å². The Morgan fingerprint density at radius 3 is 2.75 bits per heavy atom. The highest BCUT2D eigenvalue weighted by Gasteiger charge is 2.14. The van der Waals surface area contributed by atoms with Crippen LogP contribution in [0.3, 0.4) is 0 Å². The minimum atomic E-state index is 0.502. The number of anilines is 1. The molecule has 0 aliphatic rings. The lowest BCUT2D eigenvalue weighted by atomic mass is 10.4. The third kappa shape index (κ3) is 0.809. The third-order valence-electron chi connectivity index (χ3n) is 1.82. The molecular weight excluding hydrogens is 156 g/mol. The predicted molar refractivity (Wildman–Crippen MR) is 44.8 cm³/mol. The molecule has 0 fully saturated rings. The van der Waals surface area contributed by atoms with Crippen molar-refractivity contribution in [3.8, 4) is 0 Å². The van der Waals surface area contributed by atoms with Crippen LogP contribution in [-0.2, 0) is 6.42 Å². The van der Waals surface area contributed by atoms with Crippen LogP contribution >= 0.6 is 0 Å². The van der Waals surface area contributed by atoms with Crippen molar-refractivity contribution in [2.24, 2.45) is 0 Å². The summed E-state index contributed by atoms with van der Waals surface area (Å²) in [5, 5.41) is 0. The number of fused-ring (bicyclic) bond motifs is 1. The van der Waals surface area contributed by atoms with E-state index in [2.05, 4.69) is 4.98 Å². The third-order valence-corrected chi connectivity index (χ3v) is 1.82. The molecule has 2 aromatic rings. The van der Waals surface area contributed by atoms with E-state index in [0.717, 1.165) is 6.42 Å². The first kappa shape index (κ1) is 7.21. The van der Waals surface area contributed by atoms with Crippen LogP contribution in [0.4, 0.5) is 5.69 Å². The molecule has 0 bridgehead atoms. The monoisotopic (exact) mass is 166 g/mol. The topological polar surface area (TPSA) is 65.2 Å². The van der Waals surface area contributed by atoms with E-state index in [-0.39, 0.29) is 0 Å². The van der Waals surface area contributed by atoms with Gasteiger partial charge >= 0.3 is 0 Å². The summed E-state index contributed by atoms with van der Waals surface area (Å²) in [6, 6.07) is 0. The van der Waals surface area contributed by atoms with Gasteiger partial charge in [-0.2, -0.15) is 4.98 Å². The zero-order chi connectivity index (χ0) is 8.72. The van der Waals surface area contributed by atoms with Crippen LogP contribution in [0.2, 0.25) is 0 Å². The van der Waals surface area contributed by atoms with Gasteiger partial charge in [0.25, 0.3) is 5.71 Å². The smallest absolute Gasteiger partial charge is 0.268 e. The molecule has 0 aliphatic heterocycles. The quantitative estimate of drug-likeness (QED) is 0.702. The van der Waals surface area contributed by atoms with Crippen LogP contribution in [0.5, 0.6) is 0 Å². The summed E-state index contributed by atoms with van der Waals surface area (Å²) >= 11 is 0. The molecule has 64 valence electrons. The maximum Gasteiger partial charge on any atom is 0.268 e. The van der Waals surface area contributed by atoms with Crippen molar-refractivity contribution in [2.45, 2.75) is 20.3 Å². The number of nitrogens with two attached hydrogens (primary N) is 1. The summed E-state index contributed by atoms with van der Waals surface area (Å²) in [6.07, 6.45) is 0.753. The molecule has 2 heterocycles. The zero-order valence-corrected chi connectivity index (χ0v) is 7.05. The minimum absolute atomic E-state index is 0.502. The normalized spacial score (nSPS) is 11.2. The summed E-state index contributed by atoms with van der Waals surface area (Å²) in [6.45, 7) is 3.76. The number of nitrogens with zero attached hydrogens (tertiary/aromatic N) is 1. The highest BCUT2D eigenvalue weighted by Crippen LogP contribution is 2.27. The van der Waals surface area contributed by atoms with E-state index in [1.807, 2.05) is 6.92 Å². The second-order valence-corrected chi connectivity index (χ2v) is 2.67. The Morgan fingerprint density at radius 1 is 1.42 bits per heavy atom. The van der Waals surface area contributed by atoms with E-state index in [9.17, 15) is 0 Å². The standard InChI is InChI=1S/C8H10N2O2/c1-3-5-10-8-7(12-5)6(9)4(2)11-8/h3,9H2,1-2H3. The first-order valence-electron chi connectivity index (χ1n) is 3.86. The molecule has 0 spiro atoms. The van der Waals surface area contributed by atoms with Gasteiger partial charge in [-0.25, -0.2) is 0 Å². The molecule has 0 aliphatic carbocycles. The molecular formula is C8H10N2O2. The van der Waals surface area contributed by atoms with Crippen LogP contribution in [-0.4, -0.2) is 4.98 Å². The fourth-order valence-corrected chi connectivity index (χ4v) is 1.10. The number of rotatable bonds is 1. The number of nitrogen functional groups attached to an aromatic ring is 1. The highest BCUT2D eigenvalue weighted by atomic mass is 16.4. The molecule has 0 atom stereocenters. The van der Waals surface area contributed by atoms with E-state index in [1.165, 1.54) is 0 Å². The van der Waals surface area contributed by atoms with Gasteiger partial charge in [-0.3, -0.25) is 0 Å². The fraction of sp³-hybridized carbons (Fsp3) is 0.375. The van der Waals surface area contributed by atoms with Crippen molar-refractivity contribution in [1.82, 2.24) is 4.98 Å². The molecule has 0 saturated carbocycles. The van der Waals surface area contributed by atoms with Gasteiger partial charge in [0, 0.05) is 6.42 Å². The van der Waals surface area contributed by atoms with E-state index in [1.54, 1.807) is 6.92 Å². The predicted octanol–water partition coefficient (Wildman–Crippen LogP) is 1.87. The SMILES string of the molecule is CCc1nc2oc(C)c(N)c2o1. The van der Waals surface area contributed by atoms with Gasteiger partial charge in [0.1, 0.15) is 11.4 Å². The Kier molecular flexibility index (Phi) is 1.36. The van der Waals surface area contributed by atoms with Crippen molar-refractivity contribution in [2.75, 3.05) is 5.73 Å². The maximum atomic E-state index is 5.68. The van der Waals surface area contributed by atoms with Crippen LogP contribution in [0, 0.1) is 6.92 Å². The van der Waals surface area contributed by atoms with Gasteiger partial charge in [0.2, 0.25) is 5.58 Å². The average molecular weight is 166 g/mol. The number of aryl methyl sites for hydroxylation is 2. The van der Waals surface area contributed by atoms with Gasteiger partial charge in [0.15, 0.2) is 5.89 Å². The van der Waals surface area contributed by atoms with E-state index in [4.69, 9.17) is 14.6 Å². The van der Waals surface area contributed by atoms with Gasteiger partial charge in [-0.1, -0.05) is 6.92 Å². The molecule has 12 heavy (non-hydrogen) atoms. The number of hydrogen-bond donors (Lipinski definition) is 1. The van der Waals surface area contributed by atoms with Crippen LogP contribution in [0.15, 0.2) is 8.83 Å². The van der Waals surface area contributed by atoms with E-state index >= 15 is 0 Å². The van der Waals surface area contributed by atoms with Crippen molar-refractivity contribution in [3.63, 3.8) is 0 Å². The van der Waals surface area contributed by atoms with Crippen molar-refractivity contribution >= 4 is 17.0 Å². The molecule has 0 radical (unpaired) electrons. The summed E-state index contributed by atoms with van der Waals surface area (Å²) in [5.41, 5.74) is 7.31. The summed E-state index contributed by atoms with van der Waals surface area (Å²) in [5.74, 6) is 1.33. The lowest BCUT2D eigenvalue weighted by Crippen LogP contribution is -1.83. The highest BCUT2D eigenvalue weighted by molar-refractivity contribution is 5.82. The summed E-state index contributed by atoms with van der Waals surface area (Å²) in [7, 11) is 0. The molecule has 2 aromatic heterocycles. The summed E-state index contributed by atoms with van der Waals surface area (Å²) in [4.78, 5) is 4.10. The number of hydrogen-bond acceptors (Lipinski definition) is 4. The second-order valence-electron chi connectivity index (χ2n) is 2.67. The molecule has 0 saturated heterocycles. The number of furan rings is 1. The summed E-state index contributed by atoms with van der Waals surface area (Å²) < 4.78 is 10.6. The Balaban J connectivity index is 2.71. The number of oxazole rings is 1. The lowest BCUT2D eigenvalue weighted by molar-refractivity contribution is 0.535. The Morgan fingerprint density at radius 2 is 2.17 bits per heavy atom. The Labute approximate surface area is 69.4 Å². The Bertz CT molecular complexity index is 414. The van der Waals surface area contributed by atoms with Gasteiger partial charge < -0.3 is 14.6 Å². The average Bonchev–Trinajstić information content (AvgIpc) is 2.55. The fourth-order valence-electron chi connectivity index (χ4n) is 1.10. The van der Waals surface area contributed by atoms with Crippen LogP contribution < -0.4 is 5.73 Å². The van der Waals surface area contributed by atoms with Crippen LogP contribution in [0.1, 0.15) is 18.6 Å². The molecule has 2 N–H and O–H groups in total. The molecule has 0 amide bonds.